The van der Waals surface area contributed by atoms with Gasteiger partial charge in [0.15, 0.2) is 11.5 Å². The maximum absolute atomic E-state index is 13.5. The standard InChI is InChI=1S/C28H33N3O4/c1-6-9-12-31-27(19-10-11-21(35-13-7-2)22(16-19)34-8-3)24-25(29-30-26(24)28(31)33)23-18(5)14-17(4)15-20(23)32/h7,10-11,14-16,27,32H,2,6,8-9,12-13H2,1,3-5H3,(H,29,30). The summed E-state index contributed by atoms with van der Waals surface area (Å²) in [4.78, 5) is 15.4. The van der Waals surface area contributed by atoms with E-state index in [0.29, 0.717) is 48.2 Å². The van der Waals surface area contributed by atoms with Gasteiger partial charge in [0, 0.05) is 17.7 Å². The number of carbonyl (C=O) groups is 1. The first-order valence-electron chi connectivity index (χ1n) is 12.1. The Hall–Kier alpha value is -3.74. The lowest BCUT2D eigenvalue weighted by Gasteiger charge is -2.27. The van der Waals surface area contributed by atoms with E-state index in [4.69, 9.17) is 9.47 Å². The lowest BCUT2D eigenvalue weighted by molar-refractivity contribution is 0.0741. The third-order valence-corrected chi connectivity index (χ3v) is 6.25. The molecule has 0 fully saturated rings. The van der Waals surface area contributed by atoms with Crippen LogP contribution in [0.1, 0.15) is 65.5 Å². The van der Waals surface area contributed by atoms with E-state index in [2.05, 4.69) is 23.7 Å². The number of nitrogens with zero attached hydrogens (tertiary/aromatic N) is 2. The molecule has 2 heterocycles. The van der Waals surface area contributed by atoms with E-state index in [-0.39, 0.29) is 17.7 Å². The van der Waals surface area contributed by atoms with E-state index in [0.717, 1.165) is 35.1 Å². The van der Waals surface area contributed by atoms with Crippen LogP contribution in [0, 0.1) is 13.8 Å². The number of hydrogen-bond acceptors (Lipinski definition) is 5. The fraction of sp³-hybridized carbons (Fsp3) is 0.357. The van der Waals surface area contributed by atoms with Crippen LogP contribution in [0.15, 0.2) is 43.0 Å². The van der Waals surface area contributed by atoms with Crippen molar-refractivity contribution in [2.75, 3.05) is 19.8 Å². The molecule has 0 saturated carbocycles. The van der Waals surface area contributed by atoms with Gasteiger partial charge in [-0.2, -0.15) is 5.10 Å². The van der Waals surface area contributed by atoms with Crippen molar-refractivity contribution < 1.29 is 19.4 Å². The molecule has 7 heteroatoms. The molecule has 2 N–H and O–H groups in total. The molecule has 184 valence electrons. The van der Waals surface area contributed by atoms with Gasteiger partial charge in [-0.1, -0.05) is 38.1 Å². The number of amides is 1. The minimum absolute atomic E-state index is 0.0913. The second-order valence-corrected chi connectivity index (χ2v) is 8.83. The van der Waals surface area contributed by atoms with Gasteiger partial charge in [0.25, 0.3) is 5.91 Å². The molecule has 1 aromatic heterocycles. The maximum atomic E-state index is 13.5. The van der Waals surface area contributed by atoms with Gasteiger partial charge in [-0.15, -0.1) is 0 Å². The minimum Gasteiger partial charge on any atom is -0.507 e. The SMILES string of the molecule is C=CCOc1ccc(C2c3c(-c4c(C)cc(C)cc4O)n[nH]c3C(=O)N2CCCC)cc1OCC. The molecular weight excluding hydrogens is 442 g/mol. The van der Waals surface area contributed by atoms with Crippen molar-refractivity contribution in [3.05, 3.63) is 70.9 Å². The first-order valence-corrected chi connectivity index (χ1v) is 12.1. The Balaban J connectivity index is 1.88. The molecular formula is C28H33N3O4. The predicted octanol–water partition coefficient (Wildman–Crippen LogP) is 5.71. The Bertz CT molecular complexity index is 1220. The Kier molecular flexibility index (Phi) is 7.15. The molecule has 1 aliphatic rings. The zero-order valence-electron chi connectivity index (χ0n) is 20.9. The Morgan fingerprint density at radius 1 is 1.17 bits per heavy atom. The zero-order chi connectivity index (χ0) is 25.1. The van der Waals surface area contributed by atoms with Crippen LogP contribution in [0.5, 0.6) is 17.2 Å². The highest BCUT2D eigenvalue weighted by molar-refractivity contribution is 6.00. The van der Waals surface area contributed by atoms with Gasteiger partial charge in [-0.3, -0.25) is 9.89 Å². The first-order chi connectivity index (χ1) is 16.9. The molecule has 3 aromatic rings. The molecule has 0 spiro atoms. The Labute approximate surface area is 206 Å². The fourth-order valence-electron chi connectivity index (χ4n) is 4.78. The lowest BCUT2D eigenvalue weighted by atomic mass is 9.93. The number of phenols is 1. The number of aromatic amines is 1. The number of benzene rings is 2. The summed E-state index contributed by atoms with van der Waals surface area (Å²) < 4.78 is 11.7. The number of aromatic hydroxyl groups is 1. The van der Waals surface area contributed by atoms with Gasteiger partial charge in [-0.05, 0) is 62.1 Å². The van der Waals surface area contributed by atoms with Gasteiger partial charge in [0.05, 0.1) is 12.6 Å². The summed E-state index contributed by atoms with van der Waals surface area (Å²) in [5.41, 5.74) is 5.23. The molecule has 35 heavy (non-hydrogen) atoms. The molecule has 0 bridgehead atoms. The number of aryl methyl sites for hydroxylation is 2. The summed E-state index contributed by atoms with van der Waals surface area (Å²) in [5.74, 6) is 1.30. The van der Waals surface area contributed by atoms with Gasteiger partial charge in [0.1, 0.15) is 23.7 Å². The topological polar surface area (TPSA) is 87.7 Å². The maximum Gasteiger partial charge on any atom is 0.273 e. The third kappa shape index (κ3) is 4.50. The van der Waals surface area contributed by atoms with Crippen LogP contribution in [0.3, 0.4) is 0 Å². The van der Waals surface area contributed by atoms with E-state index in [1.807, 2.05) is 49.9 Å². The van der Waals surface area contributed by atoms with Crippen molar-refractivity contribution in [1.29, 1.82) is 0 Å². The van der Waals surface area contributed by atoms with Crippen molar-refractivity contribution in [3.8, 4) is 28.5 Å². The molecule has 0 saturated heterocycles. The first kappa shape index (κ1) is 24.4. The van der Waals surface area contributed by atoms with Crippen molar-refractivity contribution in [2.24, 2.45) is 0 Å². The van der Waals surface area contributed by atoms with Gasteiger partial charge in [0.2, 0.25) is 0 Å². The summed E-state index contributed by atoms with van der Waals surface area (Å²) in [5, 5.41) is 18.3. The molecule has 0 radical (unpaired) electrons. The zero-order valence-corrected chi connectivity index (χ0v) is 20.9. The normalized spacial score (nSPS) is 14.8. The molecule has 7 nitrogen and oxygen atoms in total. The molecule has 0 aliphatic carbocycles. The predicted molar refractivity (Wildman–Crippen MR) is 136 cm³/mol. The average molecular weight is 476 g/mol. The third-order valence-electron chi connectivity index (χ3n) is 6.25. The number of rotatable bonds is 10. The number of ether oxygens (including phenoxy) is 2. The quantitative estimate of drug-likeness (QED) is 0.367. The van der Waals surface area contributed by atoms with Crippen molar-refractivity contribution in [1.82, 2.24) is 15.1 Å². The van der Waals surface area contributed by atoms with Crippen molar-refractivity contribution in [3.63, 3.8) is 0 Å². The van der Waals surface area contributed by atoms with Crippen LogP contribution in [0.4, 0.5) is 0 Å². The second-order valence-electron chi connectivity index (χ2n) is 8.83. The second kappa shape index (κ2) is 10.3. The number of carbonyl (C=O) groups excluding carboxylic acids is 1. The largest absolute Gasteiger partial charge is 0.507 e. The van der Waals surface area contributed by atoms with Crippen LogP contribution < -0.4 is 9.47 Å². The molecule has 1 amide bonds. The highest BCUT2D eigenvalue weighted by atomic mass is 16.5. The summed E-state index contributed by atoms with van der Waals surface area (Å²) in [6, 6.07) is 9.14. The molecule has 1 aliphatic heterocycles. The number of hydrogen-bond donors (Lipinski definition) is 2. The summed E-state index contributed by atoms with van der Waals surface area (Å²) in [6.07, 6.45) is 3.53. The summed E-state index contributed by atoms with van der Waals surface area (Å²) in [6.45, 7) is 13.1. The minimum atomic E-state index is -0.370. The van der Waals surface area contributed by atoms with Crippen LogP contribution in [-0.4, -0.2) is 45.9 Å². The Morgan fingerprint density at radius 3 is 2.66 bits per heavy atom. The fourth-order valence-corrected chi connectivity index (χ4v) is 4.78. The smallest absolute Gasteiger partial charge is 0.273 e. The highest BCUT2D eigenvalue weighted by Crippen LogP contribution is 2.46. The molecule has 1 atom stereocenters. The van der Waals surface area contributed by atoms with Crippen LogP contribution in [-0.2, 0) is 0 Å². The van der Waals surface area contributed by atoms with Gasteiger partial charge in [-0.25, -0.2) is 0 Å². The number of fused-ring (bicyclic) bond motifs is 1. The number of phenolic OH excluding ortho intramolecular Hbond substituents is 1. The van der Waals surface area contributed by atoms with E-state index in [1.165, 1.54) is 0 Å². The van der Waals surface area contributed by atoms with E-state index < -0.39 is 0 Å². The number of aromatic nitrogens is 2. The summed E-state index contributed by atoms with van der Waals surface area (Å²) in [7, 11) is 0. The van der Waals surface area contributed by atoms with Gasteiger partial charge < -0.3 is 19.5 Å². The van der Waals surface area contributed by atoms with E-state index >= 15 is 0 Å². The van der Waals surface area contributed by atoms with E-state index in [1.54, 1.807) is 12.1 Å². The number of H-pyrrole nitrogens is 1. The monoisotopic (exact) mass is 475 g/mol. The van der Waals surface area contributed by atoms with Crippen LogP contribution in [0.25, 0.3) is 11.3 Å². The van der Waals surface area contributed by atoms with Crippen LogP contribution in [0.2, 0.25) is 0 Å². The molecule has 4 rings (SSSR count). The summed E-state index contributed by atoms with van der Waals surface area (Å²) >= 11 is 0. The van der Waals surface area contributed by atoms with Crippen molar-refractivity contribution in [2.45, 2.75) is 46.6 Å². The highest BCUT2D eigenvalue weighted by Gasteiger charge is 2.42. The molecule has 1 unspecified atom stereocenters. The average Bonchev–Trinajstić information content (AvgIpc) is 3.35. The van der Waals surface area contributed by atoms with Crippen molar-refractivity contribution >= 4 is 5.91 Å². The number of nitrogens with one attached hydrogen (secondary N) is 1. The molecule has 2 aromatic carbocycles. The Morgan fingerprint density at radius 2 is 1.97 bits per heavy atom. The van der Waals surface area contributed by atoms with Gasteiger partial charge >= 0.3 is 0 Å². The van der Waals surface area contributed by atoms with E-state index in [9.17, 15) is 9.90 Å². The van der Waals surface area contributed by atoms with Crippen LogP contribution >= 0.6 is 0 Å². The lowest BCUT2D eigenvalue weighted by Crippen LogP contribution is -2.30. The number of unbranched alkanes of at least 4 members (excludes halogenated alkanes) is 1.